The molecule has 1 aromatic heterocycles. The maximum atomic E-state index is 10.6. The summed E-state index contributed by atoms with van der Waals surface area (Å²) in [6, 6.07) is 12.0. The molecule has 0 amide bonds. The lowest BCUT2D eigenvalue weighted by molar-refractivity contribution is -0.136. The zero-order valence-electron chi connectivity index (χ0n) is 9.52. The van der Waals surface area contributed by atoms with Crippen LogP contribution in [0.5, 0.6) is 0 Å². The lowest BCUT2D eigenvalue weighted by Gasteiger charge is -2.04. The average molecular weight is 373 g/mol. The number of halogens is 1. The highest BCUT2D eigenvalue weighted by Crippen LogP contribution is 2.19. The summed E-state index contributed by atoms with van der Waals surface area (Å²) >= 11 is 3.81. The summed E-state index contributed by atoms with van der Waals surface area (Å²) in [5, 5.41) is 12.0. The lowest BCUT2D eigenvalue weighted by Crippen LogP contribution is -1.98. The van der Waals surface area contributed by atoms with Crippen molar-refractivity contribution in [2.75, 3.05) is 5.32 Å². The molecule has 1 aromatic carbocycles. The number of carboxylic acid groups (broad SMARTS) is 1. The van der Waals surface area contributed by atoms with Gasteiger partial charge >= 0.3 is 5.97 Å². The van der Waals surface area contributed by atoms with Crippen molar-refractivity contribution in [3.05, 3.63) is 49.7 Å². The Morgan fingerprint density at radius 2 is 2.06 bits per heavy atom. The first-order chi connectivity index (χ1) is 8.63. The van der Waals surface area contributed by atoms with Gasteiger partial charge in [0.05, 0.1) is 6.42 Å². The van der Waals surface area contributed by atoms with Gasteiger partial charge < -0.3 is 10.4 Å². The van der Waals surface area contributed by atoms with E-state index in [0.717, 1.165) is 22.0 Å². The monoisotopic (exact) mass is 373 g/mol. The molecule has 5 heteroatoms. The van der Waals surface area contributed by atoms with Crippen LogP contribution >= 0.6 is 33.9 Å². The largest absolute Gasteiger partial charge is 0.481 e. The van der Waals surface area contributed by atoms with E-state index < -0.39 is 5.97 Å². The van der Waals surface area contributed by atoms with Gasteiger partial charge in [-0.05, 0) is 52.9 Å². The molecule has 18 heavy (non-hydrogen) atoms. The molecule has 0 radical (unpaired) electrons. The first-order valence-corrected chi connectivity index (χ1v) is 7.32. The van der Waals surface area contributed by atoms with E-state index in [1.165, 1.54) is 14.9 Å². The topological polar surface area (TPSA) is 49.3 Å². The van der Waals surface area contributed by atoms with Crippen molar-refractivity contribution >= 4 is 45.6 Å². The number of thiophene rings is 1. The second-order valence-corrected chi connectivity index (χ2v) is 6.30. The highest BCUT2D eigenvalue weighted by Gasteiger charge is 2.04. The number of carboxylic acids is 1. The molecule has 3 nitrogen and oxygen atoms in total. The molecule has 0 aliphatic heterocycles. The Balaban J connectivity index is 1.94. The normalized spacial score (nSPS) is 10.3. The quantitative estimate of drug-likeness (QED) is 0.788. The minimum Gasteiger partial charge on any atom is -0.481 e. The Bertz CT molecular complexity index is 553. The van der Waals surface area contributed by atoms with Crippen molar-refractivity contribution in [1.82, 2.24) is 0 Å². The Hall–Kier alpha value is -1.08. The second kappa shape index (κ2) is 6.19. The van der Waals surface area contributed by atoms with Crippen molar-refractivity contribution in [2.24, 2.45) is 0 Å². The number of hydrogen-bond acceptors (Lipinski definition) is 3. The van der Waals surface area contributed by atoms with Gasteiger partial charge in [0.2, 0.25) is 0 Å². The van der Waals surface area contributed by atoms with E-state index in [-0.39, 0.29) is 6.42 Å². The fourth-order valence-corrected chi connectivity index (χ4v) is 3.04. The van der Waals surface area contributed by atoms with Crippen molar-refractivity contribution < 1.29 is 9.90 Å². The third-order valence-electron chi connectivity index (χ3n) is 2.33. The summed E-state index contributed by atoms with van der Waals surface area (Å²) in [6.07, 6.45) is 0.105. The van der Waals surface area contributed by atoms with Crippen LogP contribution in [0.15, 0.2) is 36.4 Å². The van der Waals surface area contributed by atoms with Crippen LogP contribution in [0.25, 0.3) is 0 Å². The maximum absolute atomic E-state index is 10.6. The molecular weight excluding hydrogens is 361 g/mol. The van der Waals surface area contributed by atoms with E-state index in [1.807, 2.05) is 30.3 Å². The molecule has 0 aliphatic carbocycles. The van der Waals surface area contributed by atoms with Gasteiger partial charge in [0.1, 0.15) is 0 Å². The highest BCUT2D eigenvalue weighted by atomic mass is 127. The van der Waals surface area contributed by atoms with Crippen LogP contribution < -0.4 is 5.32 Å². The minimum atomic E-state index is -0.783. The minimum absolute atomic E-state index is 0.105. The predicted molar refractivity (Wildman–Crippen MR) is 82.1 cm³/mol. The molecule has 0 spiro atoms. The molecule has 2 rings (SSSR count). The van der Waals surface area contributed by atoms with Gasteiger partial charge in [-0.15, -0.1) is 11.3 Å². The molecule has 0 fully saturated rings. The second-order valence-electron chi connectivity index (χ2n) is 3.80. The molecular formula is C13H12INO2S. The zero-order valence-corrected chi connectivity index (χ0v) is 12.5. The lowest BCUT2D eigenvalue weighted by atomic mass is 10.3. The van der Waals surface area contributed by atoms with Crippen molar-refractivity contribution in [3.8, 4) is 0 Å². The SMILES string of the molecule is O=C(O)Cc1ccc(CNc2cccc(I)c2)s1. The molecule has 0 aliphatic rings. The van der Waals surface area contributed by atoms with Gasteiger partial charge in [-0.2, -0.15) is 0 Å². The number of anilines is 1. The first kappa shape index (κ1) is 13.4. The van der Waals surface area contributed by atoms with Gasteiger partial charge in [-0.25, -0.2) is 0 Å². The number of carbonyl (C=O) groups is 1. The van der Waals surface area contributed by atoms with Gasteiger partial charge in [0.15, 0.2) is 0 Å². The summed E-state index contributed by atoms with van der Waals surface area (Å²) < 4.78 is 1.19. The molecule has 0 saturated heterocycles. The fraction of sp³-hybridized carbons (Fsp3) is 0.154. The number of rotatable bonds is 5. The van der Waals surface area contributed by atoms with Gasteiger partial charge in [-0.1, -0.05) is 6.07 Å². The molecule has 2 N–H and O–H groups in total. The van der Waals surface area contributed by atoms with E-state index in [4.69, 9.17) is 5.11 Å². The molecule has 94 valence electrons. The van der Waals surface area contributed by atoms with E-state index in [1.54, 1.807) is 0 Å². The smallest absolute Gasteiger partial charge is 0.308 e. The van der Waals surface area contributed by atoms with Crippen LogP contribution in [0.4, 0.5) is 5.69 Å². The highest BCUT2D eigenvalue weighted by molar-refractivity contribution is 14.1. The van der Waals surface area contributed by atoms with E-state index in [9.17, 15) is 4.79 Å². The predicted octanol–water partition coefficient (Wildman–Crippen LogP) is 3.59. The molecule has 0 unspecified atom stereocenters. The Morgan fingerprint density at radius 1 is 1.28 bits per heavy atom. The van der Waals surface area contributed by atoms with Gasteiger partial charge in [-0.3, -0.25) is 4.79 Å². The number of aliphatic carboxylic acids is 1. The van der Waals surface area contributed by atoms with Crippen LogP contribution in [-0.4, -0.2) is 11.1 Å². The summed E-state index contributed by atoms with van der Waals surface area (Å²) in [7, 11) is 0. The number of hydrogen-bond donors (Lipinski definition) is 2. The van der Waals surface area contributed by atoms with E-state index >= 15 is 0 Å². The molecule has 1 heterocycles. The Morgan fingerprint density at radius 3 is 2.78 bits per heavy atom. The molecule has 2 aromatic rings. The Kier molecular flexibility index (Phi) is 4.60. The number of benzene rings is 1. The fourth-order valence-electron chi connectivity index (χ4n) is 1.55. The third kappa shape index (κ3) is 3.99. The van der Waals surface area contributed by atoms with Crippen LogP contribution in [0.1, 0.15) is 9.75 Å². The van der Waals surface area contributed by atoms with Gasteiger partial charge in [0.25, 0.3) is 0 Å². The van der Waals surface area contributed by atoms with E-state index in [2.05, 4.69) is 34.0 Å². The number of nitrogens with one attached hydrogen (secondary N) is 1. The Labute approximate surface area is 123 Å². The van der Waals surface area contributed by atoms with Crippen molar-refractivity contribution in [3.63, 3.8) is 0 Å². The van der Waals surface area contributed by atoms with Crippen molar-refractivity contribution in [2.45, 2.75) is 13.0 Å². The van der Waals surface area contributed by atoms with Crippen LogP contribution in [0, 0.1) is 3.57 Å². The average Bonchev–Trinajstić information content (AvgIpc) is 2.73. The molecule has 0 atom stereocenters. The van der Waals surface area contributed by atoms with Gasteiger partial charge in [0, 0.05) is 25.6 Å². The molecule has 0 bridgehead atoms. The first-order valence-electron chi connectivity index (χ1n) is 5.42. The summed E-state index contributed by atoms with van der Waals surface area (Å²) in [6.45, 7) is 0.727. The van der Waals surface area contributed by atoms with Crippen molar-refractivity contribution in [1.29, 1.82) is 0 Å². The van der Waals surface area contributed by atoms with E-state index in [0.29, 0.717) is 0 Å². The summed E-state index contributed by atoms with van der Waals surface area (Å²) in [5.41, 5.74) is 1.08. The standard InChI is InChI=1S/C13H12INO2S/c14-9-2-1-3-10(6-9)15-8-12-5-4-11(18-12)7-13(16)17/h1-6,15H,7-8H2,(H,16,17). The van der Waals surface area contributed by atoms with Crippen LogP contribution in [0.3, 0.4) is 0 Å². The summed E-state index contributed by atoms with van der Waals surface area (Å²) in [5.74, 6) is -0.783. The van der Waals surface area contributed by atoms with Crippen LogP contribution in [-0.2, 0) is 17.8 Å². The molecule has 0 saturated carbocycles. The summed E-state index contributed by atoms with van der Waals surface area (Å²) in [4.78, 5) is 12.6. The maximum Gasteiger partial charge on any atom is 0.308 e. The van der Waals surface area contributed by atoms with Crippen LogP contribution in [0.2, 0.25) is 0 Å². The zero-order chi connectivity index (χ0) is 13.0. The third-order valence-corrected chi connectivity index (χ3v) is 4.09.